The van der Waals surface area contributed by atoms with E-state index in [4.69, 9.17) is 4.42 Å². The minimum absolute atomic E-state index is 0.635. The van der Waals surface area contributed by atoms with Crippen LogP contribution in [0.5, 0.6) is 0 Å². The van der Waals surface area contributed by atoms with Crippen LogP contribution in [0.25, 0.3) is 62.0 Å². The van der Waals surface area contributed by atoms with Gasteiger partial charge in [-0.2, -0.15) is 0 Å². The molecule has 0 bridgehead atoms. The lowest BCUT2D eigenvalue weighted by Gasteiger charge is -2.17. The number of nitrogens with zero attached hydrogens (tertiary/aromatic N) is 2. The maximum Gasteiger partial charge on any atom is 0.227 e. The van der Waals surface area contributed by atoms with E-state index < -0.39 is 0 Å². The van der Waals surface area contributed by atoms with Gasteiger partial charge in [0.25, 0.3) is 0 Å². The largest absolute Gasteiger partial charge is 0.436 e. The van der Waals surface area contributed by atoms with Gasteiger partial charge in [-0.3, -0.25) is 0 Å². The zero-order valence-corrected chi connectivity index (χ0v) is 22.9. The Labute approximate surface area is 243 Å². The summed E-state index contributed by atoms with van der Waals surface area (Å²) >= 11 is 0. The lowest BCUT2D eigenvalue weighted by Crippen LogP contribution is -2.06. The highest BCUT2D eigenvalue weighted by Crippen LogP contribution is 2.37. The fourth-order valence-electron chi connectivity index (χ4n) is 5.95. The Kier molecular flexibility index (Phi) is 5.64. The van der Waals surface area contributed by atoms with Gasteiger partial charge in [-0.15, -0.1) is 0 Å². The number of benzene rings is 5. The molecule has 0 fully saturated rings. The summed E-state index contributed by atoms with van der Waals surface area (Å²) in [5.74, 6) is 0.635. The van der Waals surface area contributed by atoms with Gasteiger partial charge in [-0.1, -0.05) is 91.5 Å². The van der Waals surface area contributed by atoms with Crippen LogP contribution in [0.15, 0.2) is 138 Å². The molecule has 0 saturated heterocycles. The summed E-state index contributed by atoms with van der Waals surface area (Å²) in [6.07, 6.45) is 5.35. The van der Waals surface area contributed by atoms with Gasteiger partial charge in [-0.25, -0.2) is 4.98 Å². The number of aromatic nitrogens is 2. The smallest absolute Gasteiger partial charge is 0.227 e. The van der Waals surface area contributed by atoms with Crippen molar-refractivity contribution in [3.63, 3.8) is 0 Å². The van der Waals surface area contributed by atoms with Gasteiger partial charge in [0.1, 0.15) is 5.52 Å². The van der Waals surface area contributed by atoms with Crippen molar-refractivity contribution in [2.45, 2.75) is 6.42 Å². The minimum Gasteiger partial charge on any atom is -0.436 e. The number of rotatable bonds is 3. The maximum absolute atomic E-state index is 5.96. The predicted octanol–water partition coefficient (Wildman–Crippen LogP) is 9.76. The Morgan fingerprint density at radius 2 is 1.40 bits per heavy atom. The van der Waals surface area contributed by atoms with Crippen molar-refractivity contribution in [3.05, 3.63) is 151 Å². The fourth-order valence-corrected chi connectivity index (χ4v) is 5.95. The zero-order chi connectivity index (χ0) is 28.0. The third-order valence-corrected chi connectivity index (χ3v) is 8.01. The fraction of sp³-hybridized carbons (Fsp3) is 0.0263. The second-order valence-corrected chi connectivity index (χ2v) is 10.6. The van der Waals surface area contributed by atoms with Gasteiger partial charge in [-0.05, 0) is 71.6 Å². The SMILES string of the molecule is C=C1Nc2ccccc2C/C=C\c2c1n(-c1ccc(-c3ccc(-c4nc5ccccc5o4)cc3)cc1)c1ccccc21. The van der Waals surface area contributed by atoms with E-state index in [0.29, 0.717) is 5.89 Å². The predicted molar refractivity (Wildman–Crippen MR) is 174 cm³/mol. The molecular weight excluding hydrogens is 514 g/mol. The first-order valence-corrected chi connectivity index (χ1v) is 14.1. The van der Waals surface area contributed by atoms with Gasteiger partial charge in [0, 0.05) is 27.9 Å². The number of oxazole rings is 1. The van der Waals surface area contributed by atoms with E-state index in [2.05, 4.69) is 131 Å². The topological polar surface area (TPSA) is 43.0 Å². The second kappa shape index (κ2) is 9.79. The first-order chi connectivity index (χ1) is 20.7. The molecule has 0 radical (unpaired) electrons. The summed E-state index contributed by atoms with van der Waals surface area (Å²) in [6, 6.07) is 42.0. The molecule has 1 aliphatic rings. The van der Waals surface area contributed by atoms with Crippen LogP contribution in [-0.4, -0.2) is 9.55 Å². The highest BCUT2D eigenvalue weighted by atomic mass is 16.3. The molecular formula is C38H27N3O. The molecule has 8 rings (SSSR count). The van der Waals surface area contributed by atoms with Crippen molar-refractivity contribution in [2.75, 3.05) is 5.32 Å². The lowest BCUT2D eigenvalue weighted by atomic mass is 10.0. The highest BCUT2D eigenvalue weighted by Gasteiger charge is 2.20. The molecule has 0 unspecified atom stereocenters. The number of anilines is 1. The van der Waals surface area contributed by atoms with Crippen LogP contribution in [0, 0.1) is 0 Å². The van der Waals surface area contributed by atoms with Crippen LogP contribution in [0.4, 0.5) is 5.69 Å². The molecule has 0 aliphatic carbocycles. The van der Waals surface area contributed by atoms with E-state index >= 15 is 0 Å². The first-order valence-electron chi connectivity index (χ1n) is 14.1. The minimum atomic E-state index is 0.635. The van der Waals surface area contributed by atoms with Gasteiger partial charge in [0.05, 0.1) is 16.9 Å². The number of fused-ring (bicyclic) bond motifs is 5. The van der Waals surface area contributed by atoms with Crippen LogP contribution < -0.4 is 5.32 Å². The molecule has 5 aromatic carbocycles. The number of allylic oxidation sites excluding steroid dienone is 1. The summed E-state index contributed by atoms with van der Waals surface area (Å²) in [6.45, 7) is 4.51. The van der Waals surface area contributed by atoms with Gasteiger partial charge in [0.15, 0.2) is 5.58 Å². The molecule has 7 aromatic rings. The van der Waals surface area contributed by atoms with E-state index in [-0.39, 0.29) is 0 Å². The average molecular weight is 542 g/mol. The third-order valence-electron chi connectivity index (χ3n) is 8.01. The molecule has 4 nitrogen and oxygen atoms in total. The van der Waals surface area contributed by atoms with E-state index in [9.17, 15) is 0 Å². The molecule has 2 aromatic heterocycles. The molecule has 0 spiro atoms. The zero-order valence-electron chi connectivity index (χ0n) is 22.9. The van der Waals surface area contributed by atoms with Crippen molar-refractivity contribution < 1.29 is 4.42 Å². The number of hydrogen-bond donors (Lipinski definition) is 1. The van der Waals surface area contributed by atoms with Crippen molar-refractivity contribution in [2.24, 2.45) is 0 Å². The molecule has 1 aliphatic heterocycles. The van der Waals surface area contributed by atoms with Gasteiger partial charge >= 0.3 is 0 Å². The van der Waals surface area contributed by atoms with Crippen molar-refractivity contribution in [3.8, 4) is 28.3 Å². The Morgan fingerprint density at radius 1 is 0.714 bits per heavy atom. The second-order valence-electron chi connectivity index (χ2n) is 10.6. The van der Waals surface area contributed by atoms with E-state index in [0.717, 1.165) is 62.5 Å². The van der Waals surface area contributed by atoms with E-state index in [1.54, 1.807) is 0 Å². The Morgan fingerprint density at radius 3 is 2.24 bits per heavy atom. The molecule has 0 saturated carbocycles. The summed E-state index contributed by atoms with van der Waals surface area (Å²) in [4.78, 5) is 4.64. The molecule has 1 N–H and O–H groups in total. The normalized spacial score (nSPS) is 13.6. The van der Waals surface area contributed by atoms with Crippen LogP contribution >= 0.6 is 0 Å². The lowest BCUT2D eigenvalue weighted by molar-refractivity contribution is 0.620. The van der Waals surface area contributed by atoms with Crippen LogP contribution in [0.1, 0.15) is 16.8 Å². The van der Waals surface area contributed by atoms with Crippen LogP contribution in [0.2, 0.25) is 0 Å². The number of nitrogens with one attached hydrogen (secondary N) is 1. The molecule has 4 heteroatoms. The Bertz CT molecular complexity index is 2110. The summed E-state index contributed by atoms with van der Waals surface area (Å²) in [5.41, 5.74) is 12.6. The van der Waals surface area contributed by atoms with Crippen LogP contribution in [-0.2, 0) is 6.42 Å². The van der Waals surface area contributed by atoms with E-state index in [1.807, 2.05) is 24.3 Å². The summed E-state index contributed by atoms with van der Waals surface area (Å²) < 4.78 is 8.28. The van der Waals surface area contributed by atoms with Gasteiger partial charge in [0.2, 0.25) is 5.89 Å². The molecule has 0 amide bonds. The maximum atomic E-state index is 5.96. The van der Waals surface area contributed by atoms with Gasteiger partial charge < -0.3 is 14.3 Å². The molecule has 3 heterocycles. The number of hydrogen-bond acceptors (Lipinski definition) is 3. The summed E-state index contributed by atoms with van der Waals surface area (Å²) in [5, 5.41) is 4.83. The Hall–Kier alpha value is -5.61. The van der Waals surface area contributed by atoms with Crippen molar-refractivity contribution in [1.82, 2.24) is 9.55 Å². The average Bonchev–Trinajstić information content (AvgIpc) is 3.63. The molecule has 0 atom stereocenters. The van der Waals surface area contributed by atoms with Crippen LogP contribution in [0.3, 0.4) is 0 Å². The van der Waals surface area contributed by atoms with Crippen molar-refractivity contribution in [1.29, 1.82) is 0 Å². The van der Waals surface area contributed by atoms with Crippen molar-refractivity contribution >= 4 is 39.5 Å². The third kappa shape index (κ3) is 4.04. The molecule has 42 heavy (non-hydrogen) atoms. The first kappa shape index (κ1) is 24.2. The standard InChI is InChI=1S/C38H27N3O/c1-25-37-32(12-8-10-28-9-2-4-13-33(28)39-25)31-11-3-6-15-35(31)41(37)30-23-21-27(22-24-30)26-17-19-29(20-18-26)38-40-34-14-5-7-16-36(34)42-38/h2-9,11-24,39H,1,10H2/b12-8-. The highest BCUT2D eigenvalue weighted by molar-refractivity contribution is 5.99. The number of para-hydroxylation sites is 4. The Balaban J connectivity index is 1.17. The quantitative estimate of drug-likeness (QED) is 0.242. The summed E-state index contributed by atoms with van der Waals surface area (Å²) in [7, 11) is 0. The monoisotopic (exact) mass is 541 g/mol. The van der Waals surface area contributed by atoms with E-state index in [1.165, 1.54) is 16.5 Å². The molecule has 200 valence electrons.